The summed E-state index contributed by atoms with van der Waals surface area (Å²) < 4.78 is 18.6. The summed E-state index contributed by atoms with van der Waals surface area (Å²) in [6.07, 6.45) is 5.56. The van der Waals surface area contributed by atoms with Crippen molar-refractivity contribution < 1.29 is 8.91 Å². The molecule has 0 bridgehead atoms. The van der Waals surface area contributed by atoms with Crippen molar-refractivity contribution in [2.75, 3.05) is 13.1 Å². The van der Waals surface area contributed by atoms with Gasteiger partial charge in [0.05, 0.1) is 5.92 Å². The van der Waals surface area contributed by atoms with E-state index < -0.39 is 0 Å². The topological polar surface area (TPSA) is 55.1 Å². The van der Waals surface area contributed by atoms with E-state index in [1.165, 1.54) is 12.1 Å². The summed E-state index contributed by atoms with van der Waals surface area (Å²) in [5.41, 5.74) is 2.02. The van der Waals surface area contributed by atoms with Crippen LogP contribution in [0.4, 0.5) is 4.39 Å². The molecule has 1 atom stereocenters. The third-order valence-electron chi connectivity index (χ3n) is 4.55. The molecule has 1 aliphatic heterocycles. The van der Waals surface area contributed by atoms with Crippen LogP contribution < -0.4 is 0 Å². The Morgan fingerprint density at radius 3 is 2.72 bits per heavy atom. The first-order valence-corrected chi connectivity index (χ1v) is 8.49. The Morgan fingerprint density at radius 1 is 1.12 bits per heavy atom. The minimum atomic E-state index is -0.199. The zero-order valence-corrected chi connectivity index (χ0v) is 13.8. The lowest BCUT2D eigenvalue weighted by Gasteiger charge is -2.30. The number of hydrogen-bond acceptors (Lipinski definition) is 5. The highest BCUT2D eigenvalue weighted by atomic mass is 19.1. The predicted octanol–water partition coefficient (Wildman–Crippen LogP) is 3.65. The van der Waals surface area contributed by atoms with Gasteiger partial charge in [-0.15, -0.1) is 0 Å². The van der Waals surface area contributed by atoms with E-state index in [0.717, 1.165) is 43.6 Å². The highest BCUT2D eigenvalue weighted by molar-refractivity contribution is 5.52. The minimum Gasteiger partial charge on any atom is -0.339 e. The van der Waals surface area contributed by atoms with E-state index in [4.69, 9.17) is 4.52 Å². The van der Waals surface area contributed by atoms with Gasteiger partial charge in [-0.2, -0.15) is 4.98 Å². The summed E-state index contributed by atoms with van der Waals surface area (Å²) in [6, 6.07) is 10.4. The van der Waals surface area contributed by atoms with Crippen LogP contribution in [0.2, 0.25) is 0 Å². The lowest BCUT2D eigenvalue weighted by molar-refractivity contribution is 0.180. The number of rotatable bonds is 4. The summed E-state index contributed by atoms with van der Waals surface area (Å²) in [5.74, 6) is 1.33. The molecule has 0 aliphatic carbocycles. The van der Waals surface area contributed by atoms with Gasteiger partial charge < -0.3 is 4.52 Å². The van der Waals surface area contributed by atoms with Gasteiger partial charge in [0, 0.05) is 31.0 Å². The average Bonchev–Trinajstić information content (AvgIpc) is 3.15. The van der Waals surface area contributed by atoms with Crippen LogP contribution in [0.1, 0.15) is 30.2 Å². The van der Waals surface area contributed by atoms with Crippen LogP contribution in [-0.4, -0.2) is 33.1 Å². The summed E-state index contributed by atoms with van der Waals surface area (Å²) in [5, 5.41) is 4.11. The Hall–Kier alpha value is -2.60. The SMILES string of the molecule is Fc1ccc(CN2CCCC(c3nc(-c4ccncc4)no3)C2)cc1. The van der Waals surface area contributed by atoms with Crippen LogP contribution in [0.5, 0.6) is 0 Å². The van der Waals surface area contributed by atoms with Crippen LogP contribution in [0.25, 0.3) is 11.4 Å². The monoisotopic (exact) mass is 338 g/mol. The first-order chi connectivity index (χ1) is 12.3. The standard InChI is InChI=1S/C19H19FN4O/c20-17-5-3-14(4-6-17)12-24-11-1-2-16(13-24)19-22-18(23-25-19)15-7-9-21-10-8-15/h3-10,16H,1-2,11-13H2. The van der Waals surface area contributed by atoms with Crippen molar-refractivity contribution in [1.82, 2.24) is 20.0 Å². The van der Waals surface area contributed by atoms with Gasteiger partial charge in [-0.3, -0.25) is 9.88 Å². The van der Waals surface area contributed by atoms with E-state index in [-0.39, 0.29) is 11.7 Å². The maximum Gasteiger partial charge on any atom is 0.231 e. The fourth-order valence-electron chi connectivity index (χ4n) is 3.27. The van der Waals surface area contributed by atoms with Crippen molar-refractivity contribution in [1.29, 1.82) is 0 Å². The summed E-state index contributed by atoms with van der Waals surface area (Å²) in [6.45, 7) is 2.71. The first-order valence-electron chi connectivity index (χ1n) is 8.49. The molecule has 0 saturated carbocycles. The molecule has 3 aromatic rings. The third kappa shape index (κ3) is 3.74. The molecule has 5 nitrogen and oxygen atoms in total. The van der Waals surface area contributed by atoms with E-state index in [1.807, 2.05) is 24.3 Å². The molecule has 0 amide bonds. The van der Waals surface area contributed by atoms with Crippen molar-refractivity contribution in [3.05, 3.63) is 66.1 Å². The second kappa shape index (κ2) is 7.11. The van der Waals surface area contributed by atoms with Gasteiger partial charge in [-0.25, -0.2) is 4.39 Å². The maximum atomic E-state index is 13.0. The van der Waals surface area contributed by atoms with Gasteiger partial charge in [-0.05, 0) is 49.2 Å². The molecule has 0 radical (unpaired) electrons. The number of aromatic nitrogens is 3. The number of piperidine rings is 1. The van der Waals surface area contributed by atoms with Crippen molar-refractivity contribution in [2.45, 2.75) is 25.3 Å². The Kier molecular flexibility index (Phi) is 4.52. The summed E-state index contributed by atoms with van der Waals surface area (Å²) in [7, 11) is 0. The normalized spacial score (nSPS) is 18.4. The highest BCUT2D eigenvalue weighted by Crippen LogP contribution is 2.28. The summed E-state index contributed by atoms with van der Waals surface area (Å²) >= 11 is 0. The molecular weight excluding hydrogens is 319 g/mol. The Labute approximate surface area is 145 Å². The van der Waals surface area contributed by atoms with Gasteiger partial charge in [0.25, 0.3) is 0 Å². The molecule has 6 heteroatoms. The Morgan fingerprint density at radius 2 is 1.92 bits per heavy atom. The molecule has 4 rings (SSSR count). The second-order valence-corrected chi connectivity index (χ2v) is 6.39. The van der Waals surface area contributed by atoms with E-state index >= 15 is 0 Å². The number of likely N-dealkylation sites (tertiary alicyclic amines) is 1. The zero-order valence-electron chi connectivity index (χ0n) is 13.8. The molecule has 1 fully saturated rings. The minimum absolute atomic E-state index is 0.199. The van der Waals surface area contributed by atoms with Gasteiger partial charge in [0.15, 0.2) is 0 Å². The van der Waals surface area contributed by atoms with Crippen LogP contribution in [-0.2, 0) is 6.54 Å². The third-order valence-corrected chi connectivity index (χ3v) is 4.55. The van der Waals surface area contributed by atoms with Crippen molar-refractivity contribution >= 4 is 0 Å². The Balaban J connectivity index is 1.44. The largest absolute Gasteiger partial charge is 0.339 e. The van der Waals surface area contributed by atoms with E-state index in [9.17, 15) is 4.39 Å². The lowest BCUT2D eigenvalue weighted by Crippen LogP contribution is -2.34. The molecule has 0 spiro atoms. The van der Waals surface area contributed by atoms with Gasteiger partial charge >= 0.3 is 0 Å². The molecule has 25 heavy (non-hydrogen) atoms. The molecule has 1 aliphatic rings. The fraction of sp³-hybridized carbons (Fsp3) is 0.316. The van der Waals surface area contributed by atoms with Crippen molar-refractivity contribution in [2.24, 2.45) is 0 Å². The number of pyridine rings is 1. The van der Waals surface area contributed by atoms with Crippen LogP contribution >= 0.6 is 0 Å². The van der Waals surface area contributed by atoms with E-state index in [0.29, 0.717) is 11.7 Å². The maximum absolute atomic E-state index is 13.0. The molecule has 2 aromatic heterocycles. The molecule has 0 N–H and O–H groups in total. The quantitative estimate of drug-likeness (QED) is 0.727. The molecule has 128 valence electrons. The molecule has 3 heterocycles. The van der Waals surface area contributed by atoms with Gasteiger partial charge in [0.1, 0.15) is 5.82 Å². The molecule has 1 aromatic carbocycles. The first kappa shape index (κ1) is 15.9. The lowest BCUT2D eigenvalue weighted by atomic mass is 9.97. The fourth-order valence-corrected chi connectivity index (χ4v) is 3.27. The highest BCUT2D eigenvalue weighted by Gasteiger charge is 2.26. The van der Waals surface area contributed by atoms with Crippen LogP contribution in [0.15, 0.2) is 53.3 Å². The number of benzene rings is 1. The van der Waals surface area contributed by atoms with E-state index in [1.54, 1.807) is 12.4 Å². The zero-order chi connectivity index (χ0) is 17.1. The summed E-state index contributed by atoms with van der Waals surface area (Å²) in [4.78, 5) is 10.9. The number of halogens is 1. The van der Waals surface area contributed by atoms with E-state index in [2.05, 4.69) is 20.0 Å². The second-order valence-electron chi connectivity index (χ2n) is 6.39. The van der Waals surface area contributed by atoms with Crippen LogP contribution in [0.3, 0.4) is 0 Å². The average molecular weight is 338 g/mol. The van der Waals surface area contributed by atoms with Gasteiger partial charge in [0.2, 0.25) is 11.7 Å². The van der Waals surface area contributed by atoms with Crippen LogP contribution in [0, 0.1) is 5.82 Å². The molecular formula is C19H19FN4O. The van der Waals surface area contributed by atoms with Gasteiger partial charge in [-0.1, -0.05) is 17.3 Å². The Bertz CT molecular complexity index is 819. The molecule has 1 saturated heterocycles. The smallest absolute Gasteiger partial charge is 0.231 e. The van der Waals surface area contributed by atoms with Crippen molar-refractivity contribution in [3.8, 4) is 11.4 Å². The number of hydrogen-bond donors (Lipinski definition) is 0. The predicted molar refractivity (Wildman–Crippen MR) is 91.2 cm³/mol. The van der Waals surface area contributed by atoms with Crippen molar-refractivity contribution in [3.63, 3.8) is 0 Å². The number of nitrogens with zero attached hydrogens (tertiary/aromatic N) is 4. The molecule has 1 unspecified atom stereocenters.